The van der Waals surface area contributed by atoms with Gasteiger partial charge in [-0.25, -0.2) is 8.42 Å². The highest BCUT2D eigenvalue weighted by Crippen LogP contribution is 2.19. The van der Waals surface area contributed by atoms with Crippen molar-refractivity contribution in [3.63, 3.8) is 0 Å². The molecule has 2 amide bonds. The molecular weight excluding hydrogens is 474 g/mol. The molecule has 0 fully saturated rings. The number of nitrogens with zero attached hydrogens (tertiary/aromatic N) is 2. The summed E-state index contributed by atoms with van der Waals surface area (Å²) in [5.74, 6) is -0.173. The average Bonchev–Trinajstić information content (AvgIpc) is 2.77. The van der Waals surface area contributed by atoms with E-state index in [4.69, 9.17) is 11.6 Å². The Morgan fingerprint density at radius 1 is 1.03 bits per heavy atom. The minimum Gasteiger partial charge on any atom is -0.354 e. The van der Waals surface area contributed by atoms with Crippen LogP contribution in [0.5, 0.6) is 0 Å². The fourth-order valence-electron chi connectivity index (χ4n) is 3.47. The van der Waals surface area contributed by atoms with Crippen LogP contribution in [0.3, 0.4) is 0 Å². The maximum absolute atomic E-state index is 13.2. The maximum Gasteiger partial charge on any atom is 0.242 e. The van der Waals surface area contributed by atoms with E-state index in [9.17, 15) is 18.0 Å². The Kier molecular flexibility index (Phi) is 10.4. The summed E-state index contributed by atoms with van der Waals surface area (Å²) in [6.45, 7) is 6.60. The summed E-state index contributed by atoms with van der Waals surface area (Å²) in [6, 6.07) is 15.3. The predicted molar refractivity (Wildman–Crippen MR) is 137 cm³/mol. The number of carbonyl (C=O) groups is 2. The second kappa shape index (κ2) is 12.8. The van der Waals surface area contributed by atoms with E-state index in [-0.39, 0.29) is 37.2 Å². The maximum atomic E-state index is 13.2. The highest BCUT2D eigenvalue weighted by Gasteiger charge is 2.26. The topological polar surface area (TPSA) is 86.8 Å². The Hall–Kier alpha value is -2.58. The first-order valence-corrected chi connectivity index (χ1v) is 13.6. The summed E-state index contributed by atoms with van der Waals surface area (Å²) in [5.41, 5.74) is 1.36. The molecule has 0 aromatic heterocycles. The van der Waals surface area contributed by atoms with Gasteiger partial charge in [0.05, 0.1) is 11.9 Å². The SMILES string of the molecule is CC(C)CNC(=O)C(C)N(Cc1cccc(Cl)c1)C(=O)CCCN(c1ccccc1)S(C)(=O)=O. The number of amides is 2. The molecule has 1 N–H and O–H groups in total. The predicted octanol–water partition coefficient (Wildman–Crippen LogP) is 4.08. The highest BCUT2D eigenvalue weighted by atomic mass is 35.5. The largest absolute Gasteiger partial charge is 0.354 e. The quantitative estimate of drug-likeness (QED) is 0.469. The molecule has 0 aliphatic rings. The van der Waals surface area contributed by atoms with Gasteiger partial charge in [0.15, 0.2) is 0 Å². The number of halogens is 1. The van der Waals surface area contributed by atoms with Crippen LogP contribution in [0.25, 0.3) is 0 Å². The molecule has 0 saturated carbocycles. The fraction of sp³-hybridized carbons (Fsp3) is 0.440. The van der Waals surface area contributed by atoms with Crippen molar-refractivity contribution in [3.8, 4) is 0 Å². The number of hydrogen-bond acceptors (Lipinski definition) is 4. The van der Waals surface area contributed by atoms with E-state index in [2.05, 4.69) is 5.32 Å². The van der Waals surface area contributed by atoms with Gasteiger partial charge in [-0.2, -0.15) is 0 Å². The number of carbonyl (C=O) groups excluding carboxylic acids is 2. The molecule has 0 radical (unpaired) electrons. The van der Waals surface area contributed by atoms with Gasteiger partial charge in [-0.1, -0.05) is 55.8 Å². The van der Waals surface area contributed by atoms with Gasteiger partial charge >= 0.3 is 0 Å². The molecule has 2 rings (SSSR count). The molecule has 0 saturated heterocycles. The van der Waals surface area contributed by atoms with E-state index in [0.717, 1.165) is 11.8 Å². The first kappa shape index (κ1) is 27.7. The lowest BCUT2D eigenvalue weighted by Crippen LogP contribution is -2.48. The molecule has 0 heterocycles. The summed E-state index contributed by atoms with van der Waals surface area (Å²) in [7, 11) is -3.51. The minimum atomic E-state index is -3.51. The molecule has 0 aliphatic carbocycles. The van der Waals surface area contributed by atoms with Crippen LogP contribution in [0.2, 0.25) is 5.02 Å². The van der Waals surface area contributed by atoms with Gasteiger partial charge in [-0.15, -0.1) is 0 Å². The Morgan fingerprint density at radius 2 is 1.71 bits per heavy atom. The van der Waals surface area contributed by atoms with Crippen molar-refractivity contribution in [2.24, 2.45) is 5.92 Å². The molecule has 0 spiro atoms. The second-order valence-corrected chi connectivity index (χ2v) is 11.1. The first-order chi connectivity index (χ1) is 16.0. The van der Waals surface area contributed by atoms with Crippen LogP contribution in [-0.2, 0) is 26.2 Å². The molecule has 1 atom stereocenters. The zero-order valence-corrected chi connectivity index (χ0v) is 21.8. The minimum absolute atomic E-state index is 0.0984. The van der Waals surface area contributed by atoms with Crippen molar-refractivity contribution in [3.05, 3.63) is 65.2 Å². The lowest BCUT2D eigenvalue weighted by atomic mass is 10.1. The monoisotopic (exact) mass is 507 g/mol. The molecule has 2 aromatic carbocycles. The second-order valence-electron chi connectivity index (χ2n) is 8.74. The molecule has 9 heteroatoms. The van der Waals surface area contributed by atoms with E-state index >= 15 is 0 Å². The molecule has 0 bridgehead atoms. The molecular formula is C25H34ClN3O4S. The highest BCUT2D eigenvalue weighted by molar-refractivity contribution is 7.92. The molecule has 7 nitrogen and oxygen atoms in total. The summed E-state index contributed by atoms with van der Waals surface area (Å²) in [5, 5.41) is 3.43. The van der Waals surface area contributed by atoms with Crippen molar-refractivity contribution in [1.29, 1.82) is 0 Å². The average molecular weight is 508 g/mol. The van der Waals surface area contributed by atoms with Crippen molar-refractivity contribution in [2.45, 2.75) is 46.2 Å². The van der Waals surface area contributed by atoms with E-state index in [1.165, 1.54) is 9.21 Å². The Morgan fingerprint density at radius 3 is 2.29 bits per heavy atom. The van der Waals surface area contributed by atoms with Crippen LogP contribution in [0.15, 0.2) is 54.6 Å². The Labute approximate surface area is 208 Å². The third-order valence-electron chi connectivity index (χ3n) is 5.29. The Balaban J connectivity index is 2.14. The normalized spacial score (nSPS) is 12.3. The molecule has 2 aromatic rings. The van der Waals surface area contributed by atoms with E-state index in [1.807, 2.05) is 26.0 Å². The number of benzene rings is 2. The van der Waals surface area contributed by atoms with E-state index in [0.29, 0.717) is 23.7 Å². The third-order valence-corrected chi connectivity index (χ3v) is 6.72. The fourth-order valence-corrected chi connectivity index (χ4v) is 4.64. The van der Waals surface area contributed by atoms with Crippen molar-refractivity contribution in [1.82, 2.24) is 10.2 Å². The smallest absolute Gasteiger partial charge is 0.242 e. The molecule has 186 valence electrons. The summed E-state index contributed by atoms with van der Waals surface area (Å²) in [6.07, 6.45) is 1.56. The van der Waals surface area contributed by atoms with Gasteiger partial charge in [0.2, 0.25) is 21.8 Å². The van der Waals surface area contributed by atoms with Crippen LogP contribution in [0, 0.1) is 5.92 Å². The van der Waals surface area contributed by atoms with Gasteiger partial charge in [-0.3, -0.25) is 13.9 Å². The summed E-state index contributed by atoms with van der Waals surface area (Å²) in [4.78, 5) is 27.5. The lowest BCUT2D eigenvalue weighted by Gasteiger charge is -2.29. The van der Waals surface area contributed by atoms with Crippen LogP contribution < -0.4 is 9.62 Å². The molecule has 34 heavy (non-hydrogen) atoms. The van der Waals surface area contributed by atoms with Crippen LogP contribution in [0.4, 0.5) is 5.69 Å². The van der Waals surface area contributed by atoms with Gasteiger partial charge in [0, 0.05) is 31.1 Å². The number of nitrogens with one attached hydrogen (secondary N) is 1. The number of rotatable bonds is 12. The van der Waals surface area contributed by atoms with Crippen molar-refractivity contribution < 1.29 is 18.0 Å². The summed E-state index contributed by atoms with van der Waals surface area (Å²) >= 11 is 6.11. The van der Waals surface area contributed by atoms with Crippen molar-refractivity contribution >= 4 is 39.1 Å². The van der Waals surface area contributed by atoms with E-state index < -0.39 is 16.1 Å². The van der Waals surface area contributed by atoms with E-state index in [1.54, 1.807) is 49.4 Å². The zero-order chi connectivity index (χ0) is 25.3. The van der Waals surface area contributed by atoms with Gasteiger partial charge in [0.1, 0.15) is 6.04 Å². The lowest BCUT2D eigenvalue weighted by molar-refractivity contribution is -0.140. The Bertz CT molecular complexity index is 1060. The van der Waals surface area contributed by atoms with Gasteiger partial charge in [0.25, 0.3) is 0 Å². The number of hydrogen-bond donors (Lipinski definition) is 1. The van der Waals surface area contributed by atoms with Crippen molar-refractivity contribution in [2.75, 3.05) is 23.7 Å². The molecule has 0 aliphatic heterocycles. The third kappa shape index (κ3) is 8.65. The van der Waals surface area contributed by atoms with Gasteiger partial charge in [-0.05, 0) is 49.1 Å². The van der Waals surface area contributed by atoms with Gasteiger partial charge < -0.3 is 10.2 Å². The zero-order valence-electron chi connectivity index (χ0n) is 20.2. The number of sulfonamides is 1. The first-order valence-electron chi connectivity index (χ1n) is 11.3. The summed E-state index contributed by atoms with van der Waals surface area (Å²) < 4.78 is 25.9. The number of anilines is 1. The standard InChI is InChI=1S/C25H34ClN3O4S/c1-19(2)17-27-25(31)20(3)28(18-21-10-8-11-22(26)16-21)24(30)14-9-15-29(34(4,32)33)23-12-6-5-7-13-23/h5-8,10-13,16,19-20H,9,14-15,17-18H2,1-4H3,(H,27,31). The number of para-hydroxylation sites is 1. The van der Waals surface area contributed by atoms with Crippen LogP contribution in [0.1, 0.15) is 39.2 Å². The van der Waals surface area contributed by atoms with Crippen LogP contribution >= 0.6 is 11.6 Å². The molecule has 1 unspecified atom stereocenters. The van der Waals surface area contributed by atoms with Crippen LogP contribution in [-0.4, -0.2) is 50.5 Å².